The Bertz CT molecular complexity index is 491. The van der Waals surface area contributed by atoms with Gasteiger partial charge in [0.05, 0.1) is 6.54 Å². The smallest absolute Gasteiger partial charge is 0.372 e. The average Bonchev–Trinajstić information content (AvgIpc) is 2.57. The van der Waals surface area contributed by atoms with Crippen LogP contribution in [0.2, 0.25) is 0 Å². The molecule has 0 unspecified atom stereocenters. The molecule has 1 aromatic carbocycles. The zero-order chi connectivity index (χ0) is 15.3. The van der Waals surface area contributed by atoms with Crippen LogP contribution in [0.4, 0.5) is 18.9 Å². The molecule has 1 aliphatic heterocycles. The lowest BCUT2D eigenvalue weighted by Crippen LogP contribution is -2.36. The first-order chi connectivity index (χ1) is 9.97. The molecule has 116 valence electrons. The van der Waals surface area contributed by atoms with Crippen molar-refractivity contribution in [1.82, 2.24) is 5.32 Å². The number of benzene rings is 1. The lowest BCUT2D eigenvalue weighted by Gasteiger charge is -2.22. The highest BCUT2D eigenvalue weighted by atomic mass is 19.4. The van der Waals surface area contributed by atoms with Crippen molar-refractivity contribution in [2.24, 2.45) is 0 Å². The van der Waals surface area contributed by atoms with Crippen molar-refractivity contribution in [3.63, 3.8) is 0 Å². The zero-order valence-electron chi connectivity index (χ0n) is 11.4. The number of ether oxygens (including phenoxy) is 1. The Labute approximate surface area is 120 Å². The molecule has 0 atom stereocenters. The van der Waals surface area contributed by atoms with Crippen LogP contribution < -0.4 is 10.2 Å². The van der Waals surface area contributed by atoms with Crippen molar-refractivity contribution in [3.05, 3.63) is 29.8 Å². The minimum absolute atomic E-state index is 0.0289. The van der Waals surface area contributed by atoms with Gasteiger partial charge in [-0.05, 0) is 18.1 Å². The summed E-state index contributed by atoms with van der Waals surface area (Å²) < 4.78 is 40.4. The lowest BCUT2D eigenvalue weighted by atomic mass is 10.1. The van der Waals surface area contributed by atoms with Crippen molar-refractivity contribution in [1.29, 1.82) is 0 Å². The van der Waals surface area contributed by atoms with Crippen molar-refractivity contribution in [2.45, 2.75) is 19.1 Å². The molecule has 7 heteroatoms. The van der Waals surface area contributed by atoms with E-state index in [2.05, 4.69) is 10.1 Å². The summed E-state index contributed by atoms with van der Waals surface area (Å²) >= 11 is 0. The number of halogens is 3. The maximum absolute atomic E-state index is 12.0. The molecule has 1 heterocycles. The fraction of sp³-hybridized carbons (Fsp3) is 0.500. The van der Waals surface area contributed by atoms with Crippen LogP contribution in [0, 0.1) is 0 Å². The maximum Gasteiger partial charge on any atom is 0.411 e. The summed E-state index contributed by atoms with van der Waals surface area (Å²) in [5.74, 6) is -0.0872. The van der Waals surface area contributed by atoms with Crippen LogP contribution in [0.3, 0.4) is 0 Å². The van der Waals surface area contributed by atoms with Gasteiger partial charge in [-0.15, -0.1) is 0 Å². The van der Waals surface area contributed by atoms with Gasteiger partial charge in [-0.25, -0.2) is 0 Å². The summed E-state index contributed by atoms with van der Waals surface area (Å²) in [4.78, 5) is 13.6. The first-order valence-corrected chi connectivity index (χ1v) is 6.71. The predicted molar refractivity (Wildman–Crippen MR) is 72.0 cm³/mol. The number of hydrogen-bond donors (Lipinski definition) is 1. The lowest BCUT2D eigenvalue weighted by molar-refractivity contribution is -0.173. The van der Waals surface area contributed by atoms with Gasteiger partial charge < -0.3 is 15.0 Å². The summed E-state index contributed by atoms with van der Waals surface area (Å²) in [5.41, 5.74) is 1.81. The maximum atomic E-state index is 12.0. The Morgan fingerprint density at radius 1 is 1.24 bits per heavy atom. The second-order valence-electron chi connectivity index (χ2n) is 4.80. The first kappa shape index (κ1) is 15.8. The number of para-hydroxylation sites is 1. The van der Waals surface area contributed by atoms with E-state index < -0.39 is 12.8 Å². The predicted octanol–water partition coefficient (Wildman–Crippen LogP) is 2.09. The molecule has 1 N–H and O–H groups in total. The molecule has 0 bridgehead atoms. The zero-order valence-corrected chi connectivity index (χ0v) is 11.4. The Kier molecular flexibility index (Phi) is 5.19. The number of carbonyl (C=O) groups excluding carboxylic acids is 1. The van der Waals surface area contributed by atoms with E-state index in [1.807, 2.05) is 24.3 Å². The fourth-order valence-electron chi connectivity index (χ4n) is 2.22. The van der Waals surface area contributed by atoms with Crippen LogP contribution in [0.15, 0.2) is 24.3 Å². The summed E-state index contributed by atoms with van der Waals surface area (Å²) in [6, 6.07) is 7.50. The van der Waals surface area contributed by atoms with Crippen molar-refractivity contribution in [3.8, 4) is 0 Å². The molecule has 0 saturated carbocycles. The van der Waals surface area contributed by atoms with E-state index in [1.54, 1.807) is 4.90 Å². The van der Waals surface area contributed by atoms with Crippen LogP contribution in [0.25, 0.3) is 0 Å². The van der Waals surface area contributed by atoms with Gasteiger partial charge in [0.1, 0.15) is 6.61 Å². The highest BCUT2D eigenvalue weighted by molar-refractivity contribution is 5.96. The van der Waals surface area contributed by atoms with Gasteiger partial charge in [0.15, 0.2) is 0 Å². The van der Waals surface area contributed by atoms with Crippen molar-refractivity contribution >= 4 is 11.6 Å². The average molecular weight is 302 g/mol. The second-order valence-corrected chi connectivity index (χ2v) is 4.80. The van der Waals surface area contributed by atoms with E-state index in [-0.39, 0.29) is 19.1 Å². The molecule has 0 spiro atoms. The van der Waals surface area contributed by atoms with Crippen LogP contribution in [-0.4, -0.2) is 38.4 Å². The molecule has 4 nitrogen and oxygen atoms in total. The Morgan fingerprint density at radius 3 is 2.76 bits per heavy atom. The number of rotatable bonds is 5. The van der Waals surface area contributed by atoms with Crippen molar-refractivity contribution < 1.29 is 22.7 Å². The molecule has 0 fully saturated rings. The van der Waals surface area contributed by atoms with Crippen LogP contribution in [0.5, 0.6) is 0 Å². The third-order valence-corrected chi connectivity index (χ3v) is 3.11. The van der Waals surface area contributed by atoms with E-state index in [1.165, 1.54) is 0 Å². The summed E-state index contributed by atoms with van der Waals surface area (Å²) in [7, 11) is 0. The molecule has 0 aromatic heterocycles. The number of hydrogen-bond acceptors (Lipinski definition) is 3. The summed E-state index contributed by atoms with van der Waals surface area (Å²) in [6.07, 6.45) is -3.95. The van der Waals surface area contributed by atoms with Crippen molar-refractivity contribution in [2.75, 3.05) is 31.2 Å². The number of anilines is 1. The second kappa shape index (κ2) is 6.91. The summed E-state index contributed by atoms with van der Waals surface area (Å²) in [5, 5.41) is 3.03. The highest BCUT2D eigenvalue weighted by Crippen LogP contribution is 2.22. The topological polar surface area (TPSA) is 41.6 Å². The fourth-order valence-corrected chi connectivity index (χ4v) is 2.22. The number of nitrogens with one attached hydrogen (secondary N) is 1. The normalized spacial score (nSPS) is 15.8. The molecule has 1 aliphatic rings. The number of amides is 1. The van der Waals surface area contributed by atoms with Crippen LogP contribution in [-0.2, 0) is 16.1 Å². The SMILES string of the molecule is O=C1CNCc2ccccc2N1CCCOCC(F)(F)F. The highest BCUT2D eigenvalue weighted by Gasteiger charge is 2.27. The van der Waals surface area contributed by atoms with Gasteiger partial charge >= 0.3 is 6.18 Å². The Hall–Kier alpha value is -1.60. The van der Waals surface area contributed by atoms with Gasteiger partial charge in [-0.3, -0.25) is 4.79 Å². The van der Waals surface area contributed by atoms with E-state index in [4.69, 9.17) is 0 Å². The van der Waals surface area contributed by atoms with Gasteiger partial charge in [0, 0.05) is 25.4 Å². The van der Waals surface area contributed by atoms with Crippen LogP contribution >= 0.6 is 0 Å². The third-order valence-electron chi connectivity index (χ3n) is 3.11. The molecule has 0 radical (unpaired) electrons. The standard InChI is InChI=1S/C14H17F3N2O2/c15-14(16,17)10-21-7-3-6-19-12-5-2-1-4-11(12)8-18-9-13(19)20/h1-2,4-5,18H,3,6-10H2. The molecule has 1 aromatic rings. The largest absolute Gasteiger partial charge is 0.411 e. The molecule has 0 saturated heterocycles. The number of carbonyl (C=O) groups is 1. The minimum atomic E-state index is -4.31. The molecule has 2 rings (SSSR count). The third kappa shape index (κ3) is 4.71. The van der Waals surface area contributed by atoms with Gasteiger partial charge in [0.25, 0.3) is 0 Å². The van der Waals surface area contributed by atoms with E-state index in [9.17, 15) is 18.0 Å². The molecule has 0 aliphatic carbocycles. The monoisotopic (exact) mass is 302 g/mol. The molecule has 21 heavy (non-hydrogen) atoms. The Morgan fingerprint density at radius 2 is 2.00 bits per heavy atom. The summed E-state index contributed by atoms with van der Waals surface area (Å²) in [6.45, 7) is -0.117. The number of fused-ring (bicyclic) bond motifs is 1. The van der Waals surface area contributed by atoms with Gasteiger partial charge in [-0.1, -0.05) is 18.2 Å². The quantitative estimate of drug-likeness (QED) is 0.847. The molecular formula is C14H17F3N2O2. The number of nitrogens with zero attached hydrogens (tertiary/aromatic N) is 1. The van der Waals surface area contributed by atoms with E-state index >= 15 is 0 Å². The minimum Gasteiger partial charge on any atom is -0.372 e. The Balaban J connectivity index is 1.90. The first-order valence-electron chi connectivity index (χ1n) is 6.71. The molecular weight excluding hydrogens is 285 g/mol. The van der Waals surface area contributed by atoms with Gasteiger partial charge in [0.2, 0.25) is 5.91 Å². The van der Waals surface area contributed by atoms with E-state index in [0.29, 0.717) is 19.5 Å². The van der Waals surface area contributed by atoms with E-state index in [0.717, 1.165) is 11.3 Å². The van der Waals surface area contributed by atoms with Crippen LogP contribution in [0.1, 0.15) is 12.0 Å². The van der Waals surface area contributed by atoms with Gasteiger partial charge in [-0.2, -0.15) is 13.2 Å². The molecule has 1 amide bonds. The number of alkyl halides is 3.